The summed E-state index contributed by atoms with van der Waals surface area (Å²) < 4.78 is 5.46. The second kappa shape index (κ2) is 8.51. The van der Waals surface area contributed by atoms with Gasteiger partial charge in [0.2, 0.25) is 0 Å². The molecule has 0 unspecified atom stereocenters. The molecule has 3 aromatic carbocycles. The van der Waals surface area contributed by atoms with E-state index in [1.54, 1.807) is 60.4 Å². The first-order valence-electron chi connectivity index (χ1n) is 12.3. The molecular formula is C29H26N4O4. The van der Waals surface area contributed by atoms with Gasteiger partial charge in [0.15, 0.2) is 5.54 Å². The minimum atomic E-state index is -1.19. The summed E-state index contributed by atoms with van der Waals surface area (Å²) in [5, 5.41) is 3.93. The highest BCUT2D eigenvalue weighted by molar-refractivity contribution is 6.26. The number of para-hydroxylation sites is 2. The highest BCUT2D eigenvalue weighted by atomic mass is 16.5. The monoisotopic (exact) mass is 494 g/mol. The molecule has 0 radical (unpaired) electrons. The van der Waals surface area contributed by atoms with E-state index in [0.717, 1.165) is 27.1 Å². The molecule has 3 heterocycles. The summed E-state index contributed by atoms with van der Waals surface area (Å²) in [5.41, 5.74) is 2.60. The van der Waals surface area contributed by atoms with Crippen molar-refractivity contribution in [3.05, 3.63) is 89.6 Å². The van der Waals surface area contributed by atoms with Gasteiger partial charge in [-0.1, -0.05) is 30.3 Å². The van der Waals surface area contributed by atoms with Crippen LogP contribution in [0, 0.1) is 0 Å². The SMILES string of the molecule is CCOc1ccc(NC(=O)c2ccccc2N2C(=O)N3CCc4c([nH]c5ccccc45)[C@@]3(C)C2=O)cc1. The molecule has 1 atom stereocenters. The summed E-state index contributed by atoms with van der Waals surface area (Å²) >= 11 is 0. The number of aromatic nitrogens is 1. The number of urea groups is 1. The molecule has 4 aromatic rings. The second-order valence-electron chi connectivity index (χ2n) is 9.35. The number of aromatic amines is 1. The average Bonchev–Trinajstić information content (AvgIpc) is 3.39. The Hall–Kier alpha value is -4.59. The minimum Gasteiger partial charge on any atom is -0.494 e. The van der Waals surface area contributed by atoms with Crippen LogP contribution in [0.4, 0.5) is 16.2 Å². The van der Waals surface area contributed by atoms with Gasteiger partial charge in [-0.3, -0.25) is 9.59 Å². The van der Waals surface area contributed by atoms with Crippen molar-refractivity contribution >= 4 is 40.1 Å². The predicted octanol–water partition coefficient (Wildman–Crippen LogP) is 5.06. The summed E-state index contributed by atoms with van der Waals surface area (Å²) in [4.78, 5) is 47.2. The quantitative estimate of drug-likeness (QED) is 0.379. The lowest BCUT2D eigenvalue weighted by atomic mass is 9.87. The van der Waals surface area contributed by atoms with Crippen LogP contribution >= 0.6 is 0 Å². The van der Waals surface area contributed by atoms with Crippen LogP contribution in [-0.4, -0.2) is 40.9 Å². The van der Waals surface area contributed by atoms with Crippen molar-refractivity contribution in [1.29, 1.82) is 0 Å². The Balaban J connectivity index is 1.36. The summed E-state index contributed by atoms with van der Waals surface area (Å²) in [6.45, 7) is 4.64. The zero-order valence-electron chi connectivity index (χ0n) is 20.6. The van der Waals surface area contributed by atoms with Crippen molar-refractivity contribution in [2.24, 2.45) is 0 Å². The van der Waals surface area contributed by atoms with Crippen LogP contribution in [0.25, 0.3) is 10.9 Å². The molecule has 2 aliphatic heterocycles. The standard InChI is InChI=1S/C29H26N4O4/c1-3-37-19-14-12-18(13-15-19)30-26(34)22-9-5-7-11-24(22)33-27(35)29(2)25-21(16-17-32(29)28(33)36)20-8-4-6-10-23(20)31-25/h4-15,31H,3,16-17H2,1-2H3,(H,30,34)/t29-/m0/s1. The maximum absolute atomic E-state index is 14.0. The molecule has 6 rings (SSSR count). The van der Waals surface area contributed by atoms with Crippen molar-refractivity contribution in [3.63, 3.8) is 0 Å². The summed E-state index contributed by atoms with van der Waals surface area (Å²) in [5.74, 6) is -0.0941. The van der Waals surface area contributed by atoms with Crippen LogP contribution in [0.5, 0.6) is 5.75 Å². The van der Waals surface area contributed by atoms with Crippen molar-refractivity contribution in [2.45, 2.75) is 25.8 Å². The Morgan fingerprint density at radius 2 is 1.76 bits per heavy atom. The highest BCUT2D eigenvalue weighted by Crippen LogP contribution is 2.45. The molecule has 1 aromatic heterocycles. The molecule has 8 heteroatoms. The molecule has 1 saturated heterocycles. The molecular weight excluding hydrogens is 468 g/mol. The van der Waals surface area contributed by atoms with Gasteiger partial charge in [-0.25, -0.2) is 9.69 Å². The maximum Gasteiger partial charge on any atom is 0.332 e. The van der Waals surface area contributed by atoms with Gasteiger partial charge in [-0.05, 0) is 68.3 Å². The number of carbonyl (C=O) groups excluding carboxylic acids is 3. The Morgan fingerprint density at radius 1 is 1.03 bits per heavy atom. The fourth-order valence-electron chi connectivity index (χ4n) is 5.46. The van der Waals surface area contributed by atoms with Crippen LogP contribution in [0.2, 0.25) is 0 Å². The van der Waals surface area contributed by atoms with E-state index >= 15 is 0 Å². The molecule has 0 spiro atoms. The highest BCUT2D eigenvalue weighted by Gasteiger charge is 2.59. The number of fused-ring (bicyclic) bond motifs is 5. The van der Waals surface area contributed by atoms with Crippen molar-refractivity contribution in [3.8, 4) is 5.75 Å². The van der Waals surface area contributed by atoms with E-state index in [9.17, 15) is 14.4 Å². The topological polar surface area (TPSA) is 94.7 Å². The van der Waals surface area contributed by atoms with Gasteiger partial charge in [-0.2, -0.15) is 0 Å². The van der Waals surface area contributed by atoms with Gasteiger partial charge in [0, 0.05) is 23.1 Å². The lowest BCUT2D eigenvalue weighted by Gasteiger charge is -2.35. The fraction of sp³-hybridized carbons (Fsp3) is 0.207. The Labute approximate surface area is 213 Å². The normalized spacial score (nSPS) is 18.6. The molecule has 37 heavy (non-hydrogen) atoms. The molecule has 8 nitrogen and oxygen atoms in total. The third kappa shape index (κ3) is 3.40. The maximum atomic E-state index is 14.0. The van der Waals surface area contributed by atoms with Crippen molar-refractivity contribution < 1.29 is 19.1 Å². The van der Waals surface area contributed by atoms with Gasteiger partial charge in [0.25, 0.3) is 11.8 Å². The number of imide groups is 1. The van der Waals surface area contributed by atoms with Crippen LogP contribution in [-0.2, 0) is 16.8 Å². The number of hydrogen-bond donors (Lipinski definition) is 2. The van der Waals surface area contributed by atoms with E-state index in [4.69, 9.17) is 4.74 Å². The van der Waals surface area contributed by atoms with E-state index in [1.165, 1.54) is 0 Å². The van der Waals surface area contributed by atoms with Crippen molar-refractivity contribution in [1.82, 2.24) is 9.88 Å². The number of ether oxygens (including phenoxy) is 1. The minimum absolute atomic E-state index is 0.235. The lowest BCUT2D eigenvalue weighted by molar-refractivity contribution is -0.125. The molecule has 2 aliphatic rings. The molecule has 2 N–H and O–H groups in total. The number of H-pyrrole nitrogens is 1. The summed E-state index contributed by atoms with van der Waals surface area (Å²) in [7, 11) is 0. The summed E-state index contributed by atoms with van der Waals surface area (Å²) in [6.07, 6.45) is 0.641. The number of rotatable bonds is 5. The second-order valence-corrected chi connectivity index (χ2v) is 9.35. The number of benzene rings is 3. The first-order valence-corrected chi connectivity index (χ1v) is 12.3. The summed E-state index contributed by atoms with van der Waals surface area (Å²) in [6, 6.07) is 21.2. The van der Waals surface area contributed by atoms with Gasteiger partial charge in [0.1, 0.15) is 5.75 Å². The van der Waals surface area contributed by atoms with Gasteiger partial charge in [0.05, 0.1) is 23.6 Å². The van der Waals surface area contributed by atoms with Crippen LogP contribution in [0.1, 0.15) is 35.5 Å². The molecule has 0 aliphatic carbocycles. The lowest BCUT2D eigenvalue weighted by Crippen LogP contribution is -2.49. The Bertz CT molecular complexity index is 1560. The molecule has 0 bridgehead atoms. The van der Waals surface area contributed by atoms with E-state index < -0.39 is 17.5 Å². The van der Waals surface area contributed by atoms with E-state index in [0.29, 0.717) is 31.0 Å². The largest absolute Gasteiger partial charge is 0.494 e. The number of carbonyl (C=O) groups is 3. The number of nitrogens with zero attached hydrogens (tertiary/aromatic N) is 2. The van der Waals surface area contributed by atoms with Crippen LogP contribution in [0.15, 0.2) is 72.8 Å². The van der Waals surface area contributed by atoms with Gasteiger partial charge >= 0.3 is 6.03 Å². The van der Waals surface area contributed by atoms with Gasteiger partial charge < -0.3 is 19.9 Å². The first-order chi connectivity index (χ1) is 17.9. The van der Waals surface area contributed by atoms with Crippen LogP contribution < -0.4 is 15.0 Å². The predicted molar refractivity (Wildman–Crippen MR) is 141 cm³/mol. The fourth-order valence-corrected chi connectivity index (χ4v) is 5.46. The zero-order valence-corrected chi connectivity index (χ0v) is 20.6. The van der Waals surface area contributed by atoms with E-state index in [2.05, 4.69) is 10.3 Å². The molecule has 1 fully saturated rings. The Morgan fingerprint density at radius 3 is 2.54 bits per heavy atom. The molecule has 186 valence electrons. The number of anilines is 2. The van der Waals surface area contributed by atoms with E-state index in [1.807, 2.05) is 31.2 Å². The molecule has 4 amide bonds. The first kappa shape index (κ1) is 22.8. The van der Waals surface area contributed by atoms with Gasteiger partial charge in [-0.15, -0.1) is 0 Å². The number of hydrogen-bond acceptors (Lipinski definition) is 4. The number of nitrogens with one attached hydrogen (secondary N) is 2. The third-order valence-corrected chi connectivity index (χ3v) is 7.28. The van der Waals surface area contributed by atoms with Crippen molar-refractivity contribution in [2.75, 3.05) is 23.4 Å². The van der Waals surface area contributed by atoms with Crippen LogP contribution in [0.3, 0.4) is 0 Å². The molecule has 0 saturated carbocycles. The van der Waals surface area contributed by atoms with E-state index in [-0.39, 0.29) is 17.2 Å². The Kier molecular flexibility index (Phi) is 5.26. The average molecular weight is 495 g/mol. The number of amides is 4. The smallest absolute Gasteiger partial charge is 0.332 e. The zero-order chi connectivity index (χ0) is 25.7. The third-order valence-electron chi connectivity index (χ3n) is 7.28.